The van der Waals surface area contributed by atoms with Gasteiger partial charge < -0.3 is 20.3 Å². The molecule has 1 aliphatic carbocycles. The lowest BCUT2D eigenvalue weighted by Gasteiger charge is -2.30. The van der Waals surface area contributed by atoms with Crippen LogP contribution in [0.15, 0.2) is 42.2 Å². The van der Waals surface area contributed by atoms with Crippen LogP contribution in [0.25, 0.3) is 0 Å². The molecule has 0 saturated carbocycles. The first-order valence-electron chi connectivity index (χ1n) is 5.06. The predicted molar refractivity (Wildman–Crippen MR) is 57.2 cm³/mol. The van der Waals surface area contributed by atoms with Gasteiger partial charge in [-0.2, -0.15) is 0 Å². The van der Waals surface area contributed by atoms with E-state index in [1.807, 2.05) is 6.08 Å². The number of benzene rings is 1. The number of fused-ring (bicyclic) bond motifs is 2. The van der Waals surface area contributed by atoms with Gasteiger partial charge in [-0.15, -0.1) is 5.75 Å². The Hall–Kier alpha value is -1.94. The molecule has 4 heteroatoms. The van der Waals surface area contributed by atoms with Gasteiger partial charge in [-0.05, 0) is 18.2 Å². The van der Waals surface area contributed by atoms with Crippen molar-refractivity contribution in [3.05, 3.63) is 42.2 Å². The van der Waals surface area contributed by atoms with Gasteiger partial charge in [0.2, 0.25) is 0 Å². The SMILES string of the molecule is [O-]c1ccc2c(c1)OC1=CC(O)C=CC1N2. The Labute approximate surface area is 92.5 Å². The maximum atomic E-state index is 11.2. The van der Waals surface area contributed by atoms with Gasteiger partial charge in [0.15, 0.2) is 0 Å². The van der Waals surface area contributed by atoms with Crippen LogP contribution in [0.4, 0.5) is 5.69 Å². The summed E-state index contributed by atoms with van der Waals surface area (Å²) in [6.07, 6.45) is 4.54. The third kappa shape index (κ3) is 1.44. The van der Waals surface area contributed by atoms with Gasteiger partial charge in [0.25, 0.3) is 0 Å². The van der Waals surface area contributed by atoms with Crippen molar-refractivity contribution in [3.63, 3.8) is 0 Å². The first kappa shape index (κ1) is 9.30. The van der Waals surface area contributed by atoms with Crippen LogP contribution in [0.2, 0.25) is 0 Å². The number of aliphatic hydroxyl groups is 1. The van der Waals surface area contributed by atoms with E-state index in [9.17, 15) is 10.2 Å². The number of nitrogens with one attached hydrogen (secondary N) is 1. The van der Waals surface area contributed by atoms with Crippen LogP contribution in [-0.4, -0.2) is 17.3 Å². The van der Waals surface area contributed by atoms with E-state index in [-0.39, 0.29) is 11.8 Å². The second kappa shape index (κ2) is 3.28. The number of anilines is 1. The molecule has 1 aliphatic heterocycles. The zero-order valence-electron chi connectivity index (χ0n) is 8.38. The van der Waals surface area contributed by atoms with Crippen molar-refractivity contribution < 1.29 is 14.9 Å². The number of rotatable bonds is 0. The molecule has 1 heterocycles. The van der Waals surface area contributed by atoms with Crippen LogP contribution < -0.4 is 15.2 Å². The molecule has 1 aromatic rings. The van der Waals surface area contributed by atoms with E-state index in [4.69, 9.17) is 4.74 Å². The van der Waals surface area contributed by atoms with Crippen molar-refractivity contribution in [1.29, 1.82) is 0 Å². The molecular weight excluding hydrogens is 206 g/mol. The first-order valence-corrected chi connectivity index (χ1v) is 5.06. The highest BCUT2D eigenvalue weighted by Crippen LogP contribution is 2.36. The monoisotopic (exact) mass is 216 g/mol. The lowest BCUT2D eigenvalue weighted by atomic mass is 10.0. The quantitative estimate of drug-likeness (QED) is 0.628. The minimum absolute atomic E-state index is 0.0617. The molecule has 2 atom stereocenters. The Morgan fingerprint density at radius 3 is 3.06 bits per heavy atom. The van der Waals surface area contributed by atoms with Gasteiger partial charge >= 0.3 is 0 Å². The molecule has 0 bridgehead atoms. The summed E-state index contributed by atoms with van der Waals surface area (Å²) in [5, 5.41) is 23.8. The summed E-state index contributed by atoms with van der Waals surface area (Å²) in [5.74, 6) is 1.05. The summed E-state index contributed by atoms with van der Waals surface area (Å²) in [5.41, 5.74) is 0.794. The molecule has 16 heavy (non-hydrogen) atoms. The zero-order chi connectivity index (χ0) is 11.1. The van der Waals surface area contributed by atoms with E-state index in [1.54, 1.807) is 18.2 Å². The van der Waals surface area contributed by atoms with Gasteiger partial charge in [-0.25, -0.2) is 0 Å². The highest BCUT2D eigenvalue weighted by molar-refractivity contribution is 5.64. The Morgan fingerprint density at radius 2 is 2.19 bits per heavy atom. The van der Waals surface area contributed by atoms with E-state index in [2.05, 4.69) is 5.32 Å². The molecule has 1 aromatic carbocycles. The molecule has 0 spiro atoms. The molecule has 2 N–H and O–H groups in total. The van der Waals surface area contributed by atoms with Crippen molar-refractivity contribution >= 4 is 5.69 Å². The van der Waals surface area contributed by atoms with Crippen molar-refractivity contribution in [2.24, 2.45) is 0 Å². The van der Waals surface area contributed by atoms with E-state index < -0.39 is 6.10 Å². The molecule has 3 rings (SSSR count). The molecule has 0 amide bonds. The van der Waals surface area contributed by atoms with Gasteiger partial charge in [0.1, 0.15) is 17.6 Å². The lowest BCUT2D eigenvalue weighted by molar-refractivity contribution is -0.268. The molecular formula is C12H10NO3-. The number of aliphatic hydroxyl groups excluding tert-OH is 1. The second-order valence-electron chi connectivity index (χ2n) is 3.83. The van der Waals surface area contributed by atoms with Crippen molar-refractivity contribution in [1.82, 2.24) is 0 Å². The van der Waals surface area contributed by atoms with E-state index >= 15 is 0 Å². The van der Waals surface area contributed by atoms with Crippen LogP contribution in [0.5, 0.6) is 11.5 Å². The molecule has 0 aromatic heterocycles. The first-order chi connectivity index (χ1) is 7.72. The zero-order valence-corrected chi connectivity index (χ0v) is 8.38. The van der Waals surface area contributed by atoms with Gasteiger partial charge in [-0.1, -0.05) is 18.2 Å². The van der Waals surface area contributed by atoms with Crippen LogP contribution in [0.1, 0.15) is 0 Å². The molecule has 4 nitrogen and oxygen atoms in total. The van der Waals surface area contributed by atoms with E-state index in [1.165, 1.54) is 12.1 Å². The number of hydrogen-bond donors (Lipinski definition) is 2. The van der Waals surface area contributed by atoms with Crippen molar-refractivity contribution in [3.8, 4) is 11.5 Å². The van der Waals surface area contributed by atoms with Crippen LogP contribution in [0, 0.1) is 0 Å². The molecule has 82 valence electrons. The molecule has 0 saturated heterocycles. The largest absolute Gasteiger partial charge is 0.872 e. The minimum Gasteiger partial charge on any atom is -0.872 e. The summed E-state index contributed by atoms with van der Waals surface area (Å²) < 4.78 is 5.57. The second-order valence-corrected chi connectivity index (χ2v) is 3.83. The summed E-state index contributed by atoms with van der Waals surface area (Å²) in [6.45, 7) is 0. The smallest absolute Gasteiger partial charge is 0.149 e. The fraction of sp³-hybridized carbons (Fsp3) is 0.167. The predicted octanol–water partition coefficient (Wildman–Crippen LogP) is 0.748. The maximum absolute atomic E-state index is 11.2. The summed E-state index contributed by atoms with van der Waals surface area (Å²) in [4.78, 5) is 0. The Kier molecular flexibility index (Phi) is 1.91. The van der Waals surface area contributed by atoms with Crippen molar-refractivity contribution in [2.75, 3.05) is 5.32 Å². The molecule has 2 aliphatic rings. The Balaban J connectivity index is 2.01. The summed E-state index contributed by atoms with van der Waals surface area (Å²) in [7, 11) is 0. The number of ether oxygens (including phenoxy) is 1. The van der Waals surface area contributed by atoms with Crippen LogP contribution in [-0.2, 0) is 0 Å². The van der Waals surface area contributed by atoms with Gasteiger partial charge in [0.05, 0.1) is 11.8 Å². The summed E-state index contributed by atoms with van der Waals surface area (Å²) in [6, 6.07) is 4.57. The number of hydrogen-bond acceptors (Lipinski definition) is 4. The van der Waals surface area contributed by atoms with Crippen LogP contribution >= 0.6 is 0 Å². The topological polar surface area (TPSA) is 64.5 Å². The third-order valence-electron chi connectivity index (χ3n) is 2.63. The van der Waals surface area contributed by atoms with E-state index in [0.29, 0.717) is 11.5 Å². The normalized spacial score (nSPS) is 25.9. The highest BCUT2D eigenvalue weighted by atomic mass is 16.5. The average Bonchev–Trinajstić information content (AvgIpc) is 2.26. The Morgan fingerprint density at radius 1 is 1.31 bits per heavy atom. The fourth-order valence-electron chi connectivity index (χ4n) is 1.86. The van der Waals surface area contributed by atoms with Gasteiger partial charge in [-0.3, -0.25) is 0 Å². The lowest BCUT2D eigenvalue weighted by Crippen LogP contribution is -2.31. The standard InChI is InChI=1S/C12H11NO3/c14-7-1-3-9-11(5-7)16-12-6-8(15)2-4-10(12)13-9/h1-7,9,13-15H/p-1. The molecule has 0 fully saturated rings. The minimum atomic E-state index is -0.620. The van der Waals surface area contributed by atoms with Gasteiger partial charge in [0, 0.05) is 0 Å². The average molecular weight is 216 g/mol. The molecule has 0 radical (unpaired) electrons. The third-order valence-corrected chi connectivity index (χ3v) is 2.63. The van der Waals surface area contributed by atoms with Crippen LogP contribution in [0.3, 0.4) is 0 Å². The van der Waals surface area contributed by atoms with Crippen molar-refractivity contribution in [2.45, 2.75) is 12.1 Å². The summed E-state index contributed by atoms with van der Waals surface area (Å²) >= 11 is 0. The fourth-order valence-corrected chi connectivity index (χ4v) is 1.86. The molecule has 2 unspecified atom stereocenters. The maximum Gasteiger partial charge on any atom is 0.149 e. The highest BCUT2D eigenvalue weighted by Gasteiger charge is 2.25. The Bertz CT molecular complexity index is 493. The van der Waals surface area contributed by atoms with E-state index in [0.717, 1.165) is 5.69 Å².